The molecule has 0 amide bonds. The summed E-state index contributed by atoms with van der Waals surface area (Å²) in [5.74, 6) is 0.653. The van der Waals surface area contributed by atoms with Gasteiger partial charge in [-0.15, -0.1) is 0 Å². The van der Waals surface area contributed by atoms with Crippen molar-refractivity contribution < 1.29 is 9.53 Å². The predicted molar refractivity (Wildman–Crippen MR) is 110 cm³/mol. The molecule has 0 aliphatic rings. The first-order chi connectivity index (χ1) is 12.7. The molecule has 0 bridgehead atoms. The first-order valence-corrected chi connectivity index (χ1v) is 9.77. The SMILES string of the molecule is CCOC(=O)c1ccc2[nH]c(C)c(CN(CC(C)C)CC(C)C)c(=O)c2c1. The lowest BCUT2D eigenvalue weighted by molar-refractivity contribution is 0.0526. The second-order valence-electron chi connectivity index (χ2n) is 8.02. The number of rotatable bonds is 8. The van der Waals surface area contributed by atoms with Crippen LogP contribution in [0.3, 0.4) is 0 Å². The van der Waals surface area contributed by atoms with E-state index in [4.69, 9.17) is 4.74 Å². The van der Waals surface area contributed by atoms with E-state index in [1.54, 1.807) is 25.1 Å². The summed E-state index contributed by atoms with van der Waals surface area (Å²) in [5, 5.41) is 0.537. The second-order valence-corrected chi connectivity index (χ2v) is 8.02. The number of ether oxygens (including phenoxy) is 1. The van der Waals surface area contributed by atoms with Gasteiger partial charge in [-0.2, -0.15) is 0 Å². The first-order valence-electron chi connectivity index (χ1n) is 9.77. The van der Waals surface area contributed by atoms with Crippen molar-refractivity contribution in [2.75, 3.05) is 19.7 Å². The zero-order chi connectivity index (χ0) is 20.1. The highest BCUT2D eigenvalue weighted by Crippen LogP contribution is 2.17. The smallest absolute Gasteiger partial charge is 0.338 e. The van der Waals surface area contributed by atoms with Gasteiger partial charge in [-0.25, -0.2) is 4.79 Å². The Hall–Kier alpha value is -2.14. The maximum absolute atomic E-state index is 13.2. The molecule has 0 spiro atoms. The third kappa shape index (κ3) is 5.42. The molecular formula is C22H32N2O3. The van der Waals surface area contributed by atoms with Crippen LogP contribution in [-0.2, 0) is 11.3 Å². The Morgan fingerprint density at radius 3 is 2.33 bits per heavy atom. The standard InChI is InChI=1S/C22H32N2O3/c1-7-27-22(26)17-8-9-20-18(10-17)21(25)19(16(6)23-20)13-24(11-14(2)3)12-15(4)5/h8-10,14-15H,7,11-13H2,1-6H3,(H,23,25). The topological polar surface area (TPSA) is 62.4 Å². The fourth-order valence-corrected chi connectivity index (χ4v) is 3.44. The largest absolute Gasteiger partial charge is 0.462 e. The highest BCUT2D eigenvalue weighted by molar-refractivity contribution is 5.94. The minimum Gasteiger partial charge on any atom is -0.462 e. The number of fused-ring (bicyclic) bond motifs is 1. The molecule has 0 unspecified atom stereocenters. The van der Waals surface area contributed by atoms with Crippen molar-refractivity contribution in [3.8, 4) is 0 Å². The van der Waals surface area contributed by atoms with Crippen LogP contribution in [0, 0.1) is 18.8 Å². The first kappa shape index (κ1) is 21.2. The average Bonchev–Trinajstić information content (AvgIpc) is 2.57. The summed E-state index contributed by atoms with van der Waals surface area (Å²) in [4.78, 5) is 30.9. The third-order valence-electron chi connectivity index (χ3n) is 4.45. The van der Waals surface area contributed by atoms with Gasteiger partial charge in [0.15, 0.2) is 5.43 Å². The van der Waals surface area contributed by atoms with Crippen LogP contribution in [0.25, 0.3) is 10.9 Å². The maximum atomic E-state index is 13.2. The molecule has 0 saturated carbocycles. The van der Waals surface area contributed by atoms with E-state index in [1.807, 2.05) is 6.92 Å². The summed E-state index contributed by atoms with van der Waals surface area (Å²) in [5.41, 5.74) is 2.79. The molecule has 2 aromatic rings. The van der Waals surface area contributed by atoms with E-state index in [-0.39, 0.29) is 5.43 Å². The van der Waals surface area contributed by atoms with Crippen molar-refractivity contribution in [2.45, 2.75) is 48.1 Å². The summed E-state index contributed by atoms with van der Waals surface area (Å²) in [7, 11) is 0. The van der Waals surface area contributed by atoms with Gasteiger partial charge in [0.25, 0.3) is 0 Å². The summed E-state index contributed by atoms with van der Waals surface area (Å²) < 4.78 is 5.06. The van der Waals surface area contributed by atoms with Crippen molar-refractivity contribution in [1.82, 2.24) is 9.88 Å². The summed E-state index contributed by atoms with van der Waals surface area (Å²) in [6.07, 6.45) is 0. The number of H-pyrrole nitrogens is 1. The molecule has 0 radical (unpaired) electrons. The minimum absolute atomic E-state index is 0.00934. The quantitative estimate of drug-likeness (QED) is 0.708. The van der Waals surface area contributed by atoms with Gasteiger partial charge in [-0.3, -0.25) is 9.69 Å². The molecule has 0 atom stereocenters. The second kappa shape index (κ2) is 9.18. The number of carbonyl (C=O) groups excluding carboxylic acids is 1. The molecule has 1 N–H and O–H groups in total. The molecule has 0 aliphatic heterocycles. The Labute approximate surface area is 161 Å². The molecule has 5 heteroatoms. The number of carbonyl (C=O) groups is 1. The highest BCUT2D eigenvalue weighted by Gasteiger charge is 2.17. The number of aryl methyl sites for hydroxylation is 1. The fourth-order valence-electron chi connectivity index (χ4n) is 3.44. The molecule has 5 nitrogen and oxygen atoms in total. The van der Waals surface area contributed by atoms with Crippen LogP contribution < -0.4 is 5.43 Å². The fraction of sp³-hybridized carbons (Fsp3) is 0.545. The van der Waals surface area contributed by atoms with Crippen molar-refractivity contribution in [3.63, 3.8) is 0 Å². The van der Waals surface area contributed by atoms with Crippen molar-refractivity contribution >= 4 is 16.9 Å². The molecule has 0 saturated heterocycles. The Bertz CT molecular complexity index is 842. The van der Waals surface area contributed by atoms with Crippen LogP contribution in [0.2, 0.25) is 0 Å². The molecule has 0 fully saturated rings. The zero-order valence-corrected chi connectivity index (χ0v) is 17.4. The van der Waals surface area contributed by atoms with Gasteiger partial charge < -0.3 is 9.72 Å². The summed E-state index contributed by atoms with van der Waals surface area (Å²) in [6.45, 7) is 15.3. The Morgan fingerprint density at radius 1 is 1.15 bits per heavy atom. The lowest BCUT2D eigenvalue weighted by atomic mass is 10.0. The number of hydrogen-bond acceptors (Lipinski definition) is 4. The molecule has 1 aromatic heterocycles. The van der Waals surface area contributed by atoms with Crippen LogP contribution in [-0.4, -0.2) is 35.5 Å². The minimum atomic E-state index is -0.401. The summed E-state index contributed by atoms with van der Waals surface area (Å²) in [6, 6.07) is 5.11. The molecule has 148 valence electrons. The van der Waals surface area contributed by atoms with Crippen LogP contribution in [0.4, 0.5) is 0 Å². The van der Waals surface area contributed by atoms with Gasteiger partial charge in [0, 0.05) is 41.8 Å². The number of benzene rings is 1. The number of esters is 1. The lowest BCUT2D eigenvalue weighted by Gasteiger charge is -2.26. The van der Waals surface area contributed by atoms with Crippen LogP contribution >= 0.6 is 0 Å². The van der Waals surface area contributed by atoms with Gasteiger partial charge in [0.1, 0.15) is 0 Å². The van der Waals surface area contributed by atoms with Gasteiger partial charge >= 0.3 is 5.97 Å². The van der Waals surface area contributed by atoms with Crippen LogP contribution in [0.1, 0.15) is 56.2 Å². The van der Waals surface area contributed by atoms with E-state index >= 15 is 0 Å². The normalized spacial score (nSPS) is 11.7. The van der Waals surface area contributed by atoms with E-state index in [2.05, 4.69) is 37.6 Å². The number of pyridine rings is 1. The number of nitrogens with zero attached hydrogens (tertiary/aromatic N) is 1. The van der Waals surface area contributed by atoms with E-state index < -0.39 is 5.97 Å². The molecule has 1 aromatic carbocycles. The number of aromatic amines is 1. The van der Waals surface area contributed by atoms with Crippen molar-refractivity contribution in [2.24, 2.45) is 11.8 Å². The molecule has 0 aliphatic carbocycles. The van der Waals surface area contributed by atoms with Gasteiger partial charge in [-0.05, 0) is 43.9 Å². The predicted octanol–water partition coefficient (Wildman–Crippen LogP) is 4.13. The van der Waals surface area contributed by atoms with Crippen LogP contribution in [0.15, 0.2) is 23.0 Å². The molecule has 2 rings (SSSR count). The maximum Gasteiger partial charge on any atom is 0.338 e. The Kier molecular flexibility index (Phi) is 7.19. The van der Waals surface area contributed by atoms with E-state index in [9.17, 15) is 9.59 Å². The Balaban J connectivity index is 2.46. The average molecular weight is 373 g/mol. The van der Waals surface area contributed by atoms with Crippen molar-refractivity contribution in [1.29, 1.82) is 0 Å². The number of nitrogens with one attached hydrogen (secondary N) is 1. The van der Waals surface area contributed by atoms with Crippen molar-refractivity contribution in [3.05, 3.63) is 45.2 Å². The van der Waals surface area contributed by atoms with E-state index in [1.165, 1.54) is 0 Å². The van der Waals surface area contributed by atoms with Gasteiger partial charge in [0.05, 0.1) is 12.2 Å². The number of aromatic nitrogens is 1. The van der Waals surface area contributed by atoms with Gasteiger partial charge in [-0.1, -0.05) is 27.7 Å². The highest BCUT2D eigenvalue weighted by atomic mass is 16.5. The van der Waals surface area contributed by atoms with Gasteiger partial charge in [0.2, 0.25) is 0 Å². The van der Waals surface area contributed by atoms with E-state index in [0.717, 1.165) is 29.9 Å². The molecule has 1 heterocycles. The van der Waals surface area contributed by atoms with E-state index in [0.29, 0.717) is 35.9 Å². The Morgan fingerprint density at radius 2 is 1.78 bits per heavy atom. The zero-order valence-electron chi connectivity index (χ0n) is 17.4. The van der Waals surface area contributed by atoms with Crippen LogP contribution in [0.5, 0.6) is 0 Å². The molecule has 27 heavy (non-hydrogen) atoms. The monoisotopic (exact) mass is 372 g/mol. The lowest BCUT2D eigenvalue weighted by Crippen LogP contribution is -2.33. The summed E-state index contributed by atoms with van der Waals surface area (Å²) >= 11 is 0. The molecular weight excluding hydrogens is 340 g/mol. The number of hydrogen-bond donors (Lipinski definition) is 1. The third-order valence-corrected chi connectivity index (χ3v) is 4.45.